The van der Waals surface area contributed by atoms with Crippen molar-refractivity contribution >= 4 is 22.0 Å². The fourth-order valence-corrected chi connectivity index (χ4v) is 9.79. The van der Waals surface area contributed by atoms with E-state index in [0.29, 0.717) is 39.7 Å². The van der Waals surface area contributed by atoms with Crippen LogP contribution in [-0.2, 0) is 27.1 Å². The molecule has 8 heteroatoms. The van der Waals surface area contributed by atoms with Crippen LogP contribution in [0.2, 0.25) is 0 Å². The van der Waals surface area contributed by atoms with E-state index in [1.807, 2.05) is 59.7 Å². The minimum absolute atomic E-state index is 0.0205. The number of aromatic hydroxyl groups is 1. The van der Waals surface area contributed by atoms with Crippen LogP contribution in [0.5, 0.6) is 5.75 Å². The third-order valence-corrected chi connectivity index (χ3v) is 14.3. The minimum atomic E-state index is -2.60. The number of aryl methyl sites for hydroxylation is 1. The quantitative estimate of drug-likeness (QED) is 0.170. The highest BCUT2D eigenvalue weighted by atomic mass is 16.3. The van der Waals surface area contributed by atoms with Crippen LogP contribution in [0.25, 0.3) is 95.3 Å². The van der Waals surface area contributed by atoms with Crippen LogP contribution in [0, 0.1) is 6.85 Å². The monoisotopic (exact) mass is 1010 g/mol. The van der Waals surface area contributed by atoms with Gasteiger partial charge in [-0.15, -0.1) is 0 Å². The molecule has 76 heavy (non-hydrogen) atoms. The Balaban J connectivity index is 1.24. The van der Waals surface area contributed by atoms with Gasteiger partial charge in [-0.2, -0.15) is 0 Å². The van der Waals surface area contributed by atoms with Gasteiger partial charge in [0.2, 0.25) is 0 Å². The molecule has 0 saturated carbocycles. The molecule has 0 atom stereocenters. The number of phenols is 1. The van der Waals surface area contributed by atoms with E-state index >= 15 is 0 Å². The van der Waals surface area contributed by atoms with Crippen molar-refractivity contribution in [2.45, 2.75) is 138 Å². The first-order valence-corrected chi connectivity index (χ1v) is 26.4. The summed E-state index contributed by atoms with van der Waals surface area (Å²) in [7, 11) is 0. The van der Waals surface area contributed by atoms with E-state index in [9.17, 15) is 5.11 Å². The first kappa shape index (κ1) is 48.0. The summed E-state index contributed by atoms with van der Waals surface area (Å²) in [4.78, 5) is 25.3. The van der Waals surface area contributed by atoms with E-state index in [4.69, 9.17) is 33.4 Å². The lowest BCUT2D eigenvalue weighted by Crippen LogP contribution is -2.24. The zero-order valence-corrected chi connectivity index (χ0v) is 46.8. The molecule has 0 aliphatic rings. The second kappa shape index (κ2) is 18.5. The van der Waals surface area contributed by atoms with Gasteiger partial charge < -0.3 is 9.52 Å². The largest absolute Gasteiger partial charge is 0.507 e. The summed E-state index contributed by atoms with van der Waals surface area (Å²) in [5.74, 6) is 2.13. The molecule has 0 amide bonds. The number of aromatic nitrogens is 6. The lowest BCUT2D eigenvalue weighted by Gasteiger charge is -2.27. The van der Waals surface area contributed by atoms with Crippen molar-refractivity contribution in [1.82, 2.24) is 29.5 Å². The summed E-state index contributed by atoms with van der Waals surface area (Å²) < 4.78 is 35.5. The summed E-state index contributed by atoms with van der Waals surface area (Å²) in [6.07, 6.45) is 1.61. The number of furan rings is 1. The molecule has 10 rings (SSSR count). The topological polar surface area (TPSA) is 103 Å². The molecule has 0 unspecified atom stereocenters. The van der Waals surface area contributed by atoms with Gasteiger partial charge in [-0.05, 0) is 98.9 Å². The van der Waals surface area contributed by atoms with Gasteiger partial charge in [0.1, 0.15) is 23.2 Å². The van der Waals surface area contributed by atoms with Crippen molar-refractivity contribution < 1.29 is 13.6 Å². The van der Waals surface area contributed by atoms with Crippen molar-refractivity contribution in [2.75, 3.05) is 0 Å². The van der Waals surface area contributed by atoms with Crippen molar-refractivity contribution in [3.63, 3.8) is 0 Å². The number of pyridine rings is 1. The lowest BCUT2D eigenvalue weighted by molar-refractivity contribution is 0.446. The van der Waals surface area contributed by atoms with Crippen molar-refractivity contribution in [3.05, 3.63) is 174 Å². The average Bonchev–Trinajstić information content (AvgIpc) is 4.21. The molecule has 0 aliphatic carbocycles. The first-order valence-electron chi connectivity index (χ1n) is 27.9. The van der Waals surface area contributed by atoms with Gasteiger partial charge in [0.15, 0.2) is 17.2 Å². The SMILES string of the molecule is [2H]C([2H])([2H])c1c(-c2nc(C(C)(C)C)nc(C(C)(C)C)n2)oc2cnc(-c3cc(-c4cccc5c4nc(-c4cc(C(C)(C)C)cc(C(C)(C)C)c4O)n5-c4ccc(-c5ccccc5)cc4-c4ccccc4)cc(C(C)(C)C)c3)cc12. The van der Waals surface area contributed by atoms with E-state index in [0.717, 1.165) is 72.4 Å². The highest BCUT2D eigenvalue weighted by molar-refractivity contribution is 5.98. The number of para-hydroxylation sites is 1. The highest BCUT2D eigenvalue weighted by Crippen LogP contribution is 2.47. The Morgan fingerprint density at radius 1 is 0.500 bits per heavy atom. The van der Waals surface area contributed by atoms with E-state index < -0.39 is 23.1 Å². The van der Waals surface area contributed by atoms with Gasteiger partial charge in [-0.1, -0.05) is 195 Å². The molecule has 6 aromatic carbocycles. The fraction of sp³-hybridized carbons (Fsp3) is 0.309. The Morgan fingerprint density at radius 2 is 1.12 bits per heavy atom. The molecule has 386 valence electrons. The summed E-state index contributed by atoms with van der Waals surface area (Å²) in [5, 5.41) is 13.1. The molecule has 4 aromatic heterocycles. The second-order valence-electron chi connectivity index (χ2n) is 25.6. The number of nitrogens with zero attached hydrogens (tertiary/aromatic N) is 6. The Labute approximate surface area is 453 Å². The molecular weight excluding hydrogens is 933 g/mol. The number of imidazole rings is 1. The molecule has 0 fully saturated rings. The van der Waals surface area contributed by atoms with E-state index in [-0.39, 0.29) is 33.7 Å². The zero-order valence-electron chi connectivity index (χ0n) is 49.8. The van der Waals surface area contributed by atoms with Crippen LogP contribution in [0.3, 0.4) is 0 Å². The number of hydrogen-bond donors (Lipinski definition) is 1. The summed E-state index contributed by atoms with van der Waals surface area (Å²) in [6.45, 7) is 29.1. The van der Waals surface area contributed by atoms with Gasteiger partial charge in [-0.3, -0.25) is 9.55 Å². The molecule has 0 bridgehead atoms. The van der Waals surface area contributed by atoms with Crippen LogP contribution in [0.4, 0.5) is 0 Å². The molecule has 8 nitrogen and oxygen atoms in total. The Kier molecular flexibility index (Phi) is 11.7. The standard InChI is InChI=1S/C68H72N6O2/c1-40-49-38-53(69-39-56(49)76-59(40)60-71-62(67(11,12)13)73-63(72-60)68(14,15)16)45-32-44(33-46(34-45)64(2,3)4)48-28-23-29-55-57(48)70-61(51-36-47(65(5,6)7)37-52(58(51)75)66(8,9)10)74(55)54-31-30-43(41-24-19-17-20-25-41)35-50(54)42-26-21-18-22-27-42/h17-39,75H,1-16H3/i1D3. The number of benzene rings is 6. The molecule has 1 N–H and O–H groups in total. The van der Waals surface area contributed by atoms with Gasteiger partial charge in [0, 0.05) is 48.1 Å². The van der Waals surface area contributed by atoms with E-state index in [1.165, 1.54) is 0 Å². The molecule has 0 spiro atoms. The third kappa shape index (κ3) is 9.74. The summed E-state index contributed by atoms with van der Waals surface area (Å²) in [6, 6.07) is 46.3. The van der Waals surface area contributed by atoms with Gasteiger partial charge >= 0.3 is 0 Å². The smallest absolute Gasteiger partial charge is 0.199 e. The van der Waals surface area contributed by atoms with Gasteiger partial charge in [0.25, 0.3) is 0 Å². The number of phenolic OH excluding ortho intramolecular Hbond substituents is 1. The maximum absolute atomic E-state index is 12.7. The van der Waals surface area contributed by atoms with Crippen molar-refractivity contribution in [1.29, 1.82) is 0 Å². The summed E-state index contributed by atoms with van der Waals surface area (Å²) in [5.41, 5.74) is 12.0. The molecule has 0 radical (unpaired) electrons. The lowest BCUT2D eigenvalue weighted by atomic mass is 9.79. The highest BCUT2D eigenvalue weighted by Gasteiger charge is 2.31. The fourth-order valence-electron chi connectivity index (χ4n) is 9.79. The first-order chi connectivity index (χ1) is 36.9. The number of hydrogen-bond acceptors (Lipinski definition) is 7. The predicted octanol–water partition coefficient (Wildman–Crippen LogP) is 17.9. The van der Waals surface area contributed by atoms with Crippen molar-refractivity contribution in [3.8, 4) is 79.0 Å². The zero-order chi connectivity index (χ0) is 56.9. The van der Waals surface area contributed by atoms with Crippen LogP contribution in [0.15, 0.2) is 144 Å². The second-order valence-corrected chi connectivity index (χ2v) is 25.6. The Hall–Kier alpha value is -7.71. The Bertz CT molecular complexity index is 3940. The van der Waals surface area contributed by atoms with E-state index in [1.54, 1.807) is 6.20 Å². The van der Waals surface area contributed by atoms with Gasteiger partial charge in [-0.25, -0.2) is 19.9 Å². The Morgan fingerprint density at radius 3 is 1.72 bits per heavy atom. The predicted molar refractivity (Wildman–Crippen MR) is 315 cm³/mol. The van der Waals surface area contributed by atoms with Crippen LogP contribution in [-0.4, -0.2) is 34.6 Å². The van der Waals surface area contributed by atoms with Crippen LogP contribution < -0.4 is 0 Å². The van der Waals surface area contributed by atoms with Crippen LogP contribution in [0.1, 0.15) is 142 Å². The maximum atomic E-state index is 12.7. The average molecular weight is 1010 g/mol. The minimum Gasteiger partial charge on any atom is -0.507 e. The van der Waals surface area contributed by atoms with Gasteiger partial charge in [0.05, 0.1) is 34.2 Å². The normalized spacial score (nSPS) is 13.5. The van der Waals surface area contributed by atoms with Crippen molar-refractivity contribution in [2.24, 2.45) is 0 Å². The number of fused-ring (bicyclic) bond motifs is 2. The van der Waals surface area contributed by atoms with Crippen LogP contribution >= 0.6 is 0 Å². The molecule has 0 aliphatic heterocycles. The molecule has 4 heterocycles. The maximum Gasteiger partial charge on any atom is 0.199 e. The molecule has 10 aromatic rings. The molecular formula is C68H72N6O2. The third-order valence-electron chi connectivity index (χ3n) is 14.3. The van der Waals surface area contributed by atoms with E-state index in [2.05, 4.69) is 182 Å². The molecule has 0 saturated heterocycles. The number of rotatable bonds is 7. The summed E-state index contributed by atoms with van der Waals surface area (Å²) >= 11 is 0.